The zero-order valence-corrected chi connectivity index (χ0v) is 22.2. The average molecular weight is 599 g/mol. The SMILES string of the molecule is CCOC(=O)n1nc(NC(=O)c2ccc(N3CCN(C)CC3)cc2[N+](=O)[O-])c2cc(C(=O)OC(=O)C(F)(F)F)sc21. The van der Waals surface area contributed by atoms with E-state index in [2.05, 4.69) is 20.1 Å². The summed E-state index contributed by atoms with van der Waals surface area (Å²) in [5.74, 6) is -5.74. The second-order valence-corrected chi connectivity index (χ2v) is 9.70. The first-order valence-electron chi connectivity index (χ1n) is 11.9. The summed E-state index contributed by atoms with van der Waals surface area (Å²) in [5.41, 5.74) is -0.290. The van der Waals surface area contributed by atoms with Crippen LogP contribution in [0.1, 0.15) is 27.0 Å². The molecule has 0 bridgehead atoms. The number of carbonyl (C=O) groups is 4. The third kappa shape index (κ3) is 6.27. The van der Waals surface area contributed by atoms with E-state index in [-0.39, 0.29) is 28.2 Å². The summed E-state index contributed by atoms with van der Waals surface area (Å²) >= 11 is 0.446. The summed E-state index contributed by atoms with van der Waals surface area (Å²) in [6.07, 6.45) is -6.48. The van der Waals surface area contributed by atoms with Crippen LogP contribution in [0.4, 0.5) is 35.2 Å². The number of benzene rings is 1. The molecule has 1 aliphatic heterocycles. The van der Waals surface area contributed by atoms with Crippen LogP contribution >= 0.6 is 11.3 Å². The molecule has 4 rings (SSSR count). The van der Waals surface area contributed by atoms with Gasteiger partial charge in [-0.25, -0.2) is 14.4 Å². The molecule has 0 atom stereocenters. The van der Waals surface area contributed by atoms with Gasteiger partial charge in [0, 0.05) is 37.9 Å². The number of thiophene rings is 1. The number of esters is 2. The summed E-state index contributed by atoms with van der Waals surface area (Å²) in [7, 11) is 1.95. The summed E-state index contributed by atoms with van der Waals surface area (Å²) in [4.78, 5) is 63.4. The largest absolute Gasteiger partial charge is 0.491 e. The second-order valence-electron chi connectivity index (χ2n) is 8.67. The fourth-order valence-electron chi connectivity index (χ4n) is 3.90. The number of nitrogens with zero attached hydrogens (tertiary/aromatic N) is 5. The average Bonchev–Trinajstić information content (AvgIpc) is 3.49. The molecule has 0 saturated carbocycles. The van der Waals surface area contributed by atoms with E-state index in [4.69, 9.17) is 4.74 Å². The van der Waals surface area contributed by atoms with Gasteiger partial charge in [-0.3, -0.25) is 14.9 Å². The van der Waals surface area contributed by atoms with Gasteiger partial charge < -0.3 is 24.6 Å². The Morgan fingerprint density at radius 3 is 2.44 bits per heavy atom. The van der Waals surface area contributed by atoms with Gasteiger partial charge in [0.25, 0.3) is 11.6 Å². The van der Waals surface area contributed by atoms with E-state index in [1.807, 2.05) is 11.9 Å². The molecule has 1 aromatic carbocycles. The van der Waals surface area contributed by atoms with Crippen LogP contribution in [0.5, 0.6) is 0 Å². The summed E-state index contributed by atoms with van der Waals surface area (Å²) in [6, 6.07) is 5.04. The van der Waals surface area contributed by atoms with Crippen LogP contribution in [0.25, 0.3) is 10.2 Å². The van der Waals surface area contributed by atoms with E-state index in [9.17, 15) is 42.5 Å². The van der Waals surface area contributed by atoms with Gasteiger partial charge in [-0.2, -0.15) is 17.9 Å². The van der Waals surface area contributed by atoms with Gasteiger partial charge >= 0.3 is 24.2 Å². The fraction of sp³-hybridized carbons (Fsp3) is 0.348. The minimum absolute atomic E-state index is 0.0892. The van der Waals surface area contributed by atoms with E-state index < -0.39 is 45.6 Å². The van der Waals surface area contributed by atoms with Crippen molar-refractivity contribution in [2.45, 2.75) is 13.1 Å². The van der Waals surface area contributed by atoms with Crippen LogP contribution in [-0.2, 0) is 14.3 Å². The molecule has 1 saturated heterocycles. The van der Waals surface area contributed by atoms with Gasteiger partial charge in [0.05, 0.1) is 16.9 Å². The van der Waals surface area contributed by atoms with E-state index in [0.29, 0.717) is 34.8 Å². The summed E-state index contributed by atoms with van der Waals surface area (Å²) in [5, 5.41) is 18.0. The zero-order chi connectivity index (χ0) is 30.1. The Hall–Kier alpha value is -4.58. The highest BCUT2D eigenvalue weighted by atomic mass is 32.1. The Kier molecular flexibility index (Phi) is 8.24. The number of ether oxygens (including phenoxy) is 2. The highest BCUT2D eigenvalue weighted by Crippen LogP contribution is 2.34. The van der Waals surface area contributed by atoms with Crippen LogP contribution in [-0.4, -0.2) is 89.6 Å². The number of nitrogens with one attached hydrogen (secondary N) is 1. The Bertz CT molecular complexity index is 1540. The predicted molar refractivity (Wildman–Crippen MR) is 137 cm³/mol. The maximum absolute atomic E-state index is 13.2. The lowest BCUT2D eigenvalue weighted by Gasteiger charge is -2.34. The van der Waals surface area contributed by atoms with Crippen molar-refractivity contribution in [3.8, 4) is 0 Å². The van der Waals surface area contributed by atoms with Gasteiger partial charge in [0.15, 0.2) is 5.82 Å². The monoisotopic (exact) mass is 598 g/mol. The maximum atomic E-state index is 13.2. The topological polar surface area (TPSA) is 166 Å². The zero-order valence-electron chi connectivity index (χ0n) is 21.4. The molecule has 41 heavy (non-hydrogen) atoms. The molecular formula is C23H21F3N6O8S. The Balaban J connectivity index is 1.67. The number of anilines is 2. The number of alkyl halides is 3. The number of fused-ring (bicyclic) bond motifs is 1. The number of nitro groups is 1. The molecule has 1 N–H and O–H groups in total. The summed E-state index contributed by atoms with van der Waals surface area (Å²) < 4.78 is 47.0. The van der Waals surface area contributed by atoms with Crippen LogP contribution < -0.4 is 10.2 Å². The standard InChI is InChI=1S/C23H21F3N6O8S/c1-3-39-22(36)31-19-14(11-16(41-19)20(34)40-21(35)23(24,25)26)17(28-31)27-18(33)13-5-4-12(10-15(13)32(37)38)30-8-6-29(2)7-9-30/h4-5,10-11H,3,6-9H2,1-2H3,(H,27,28,33). The van der Waals surface area contributed by atoms with Gasteiger partial charge in [-0.15, -0.1) is 16.4 Å². The Morgan fingerprint density at radius 1 is 1.15 bits per heavy atom. The van der Waals surface area contributed by atoms with Crippen LogP contribution in [0.15, 0.2) is 24.3 Å². The molecule has 2 aromatic heterocycles. The number of amides is 1. The number of hydrogen-bond acceptors (Lipinski definition) is 12. The third-order valence-corrected chi connectivity index (χ3v) is 7.03. The molecular weight excluding hydrogens is 577 g/mol. The van der Waals surface area contributed by atoms with E-state index >= 15 is 0 Å². The minimum Gasteiger partial charge on any atom is -0.448 e. The molecule has 0 spiro atoms. The molecule has 218 valence electrons. The first kappa shape index (κ1) is 29.4. The number of aromatic nitrogens is 2. The van der Waals surface area contributed by atoms with Crippen molar-refractivity contribution in [1.29, 1.82) is 0 Å². The smallest absolute Gasteiger partial charge is 0.448 e. The van der Waals surface area contributed by atoms with Gasteiger partial charge in [-0.05, 0) is 32.2 Å². The van der Waals surface area contributed by atoms with Crippen molar-refractivity contribution < 1.29 is 46.7 Å². The van der Waals surface area contributed by atoms with Crippen molar-refractivity contribution in [2.24, 2.45) is 0 Å². The van der Waals surface area contributed by atoms with Crippen molar-refractivity contribution in [3.63, 3.8) is 0 Å². The molecule has 18 heteroatoms. The highest BCUT2D eigenvalue weighted by molar-refractivity contribution is 7.20. The molecule has 3 aromatic rings. The van der Waals surface area contributed by atoms with Crippen molar-refractivity contribution in [2.75, 3.05) is 50.1 Å². The first-order chi connectivity index (χ1) is 19.3. The highest BCUT2D eigenvalue weighted by Gasteiger charge is 2.43. The number of halogens is 3. The number of piperazine rings is 1. The van der Waals surface area contributed by atoms with Gasteiger partial charge in [0.2, 0.25) is 0 Å². The molecule has 3 heterocycles. The van der Waals surface area contributed by atoms with Crippen LogP contribution in [0, 0.1) is 10.1 Å². The van der Waals surface area contributed by atoms with E-state index in [1.54, 1.807) is 6.07 Å². The second kappa shape index (κ2) is 11.5. The predicted octanol–water partition coefficient (Wildman–Crippen LogP) is 3.26. The number of nitro benzene ring substituents is 1. The van der Waals surface area contributed by atoms with Crippen molar-refractivity contribution in [3.05, 3.63) is 44.8 Å². The first-order valence-corrected chi connectivity index (χ1v) is 12.7. The lowest BCUT2D eigenvalue weighted by molar-refractivity contribution is -0.385. The van der Waals surface area contributed by atoms with E-state index in [0.717, 1.165) is 19.2 Å². The van der Waals surface area contributed by atoms with Crippen LogP contribution in [0.3, 0.4) is 0 Å². The number of likely N-dealkylation sites (N-methyl/N-ethyl adjacent to an activating group) is 1. The van der Waals surface area contributed by atoms with Crippen molar-refractivity contribution in [1.82, 2.24) is 14.7 Å². The molecule has 1 amide bonds. The van der Waals surface area contributed by atoms with Gasteiger partial charge in [0.1, 0.15) is 15.3 Å². The molecule has 1 fully saturated rings. The van der Waals surface area contributed by atoms with E-state index in [1.165, 1.54) is 19.1 Å². The molecule has 14 nitrogen and oxygen atoms in total. The minimum atomic E-state index is -5.43. The molecule has 0 aliphatic carbocycles. The quantitative estimate of drug-likeness (QED) is 0.191. The normalized spacial score (nSPS) is 14.1. The summed E-state index contributed by atoms with van der Waals surface area (Å²) in [6.45, 7) is 4.14. The maximum Gasteiger partial charge on any atom is 0.491 e. The van der Waals surface area contributed by atoms with Crippen LogP contribution in [0.2, 0.25) is 0 Å². The molecule has 0 unspecified atom stereocenters. The Morgan fingerprint density at radius 2 is 1.83 bits per heavy atom. The molecule has 0 radical (unpaired) electrons. The number of hydrogen-bond donors (Lipinski definition) is 1. The number of carbonyl (C=O) groups excluding carboxylic acids is 4. The fourth-order valence-corrected chi connectivity index (χ4v) is 4.88. The molecule has 1 aliphatic rings. The van der Waals surface area contributed by atoms with Crippen molar-refractivity contribution >= 4 is 62.7 Å². The lowest BCUT2D eigenvalue weighted by Crippen LogP contribution is -2.44. The number of rotatable bonds is 6. The Labute approximate surface area is 232 Å². The third-order valence-electron chi connectivity index (χ3n) is 5.94. The lowest BCUT2D eigenvalue weighted by atomic mass is 10.1. The van der Waals surface area contributed by atoms with Gasteiger partial charge in [-0.1, -0.05) is 0 Å².